The fourth-order valence-electron chi connectivity index (χ4n) is 2.35. The van der Waals surface area contributed by atoms with Gasteiger partial charge in [0.05, 0.1) is 5.56 Å². The van der Waals surface area contributed by atoms with Crippen molar-refractivity contribution in [3.63, 3.8) is 0 Å². The molecule has 0 aliphatic rings. The Balaban J connectivity index is 1.84. The monoisotopic (exact) mass is 359 g/mol. The number of anilines is 4. The minimum absolute atomic E-state index is 0.159. The average Bonchev–Trinajstić information content (AvgIpc) is 2.53. The third-order valence-corrected chi connectivity index (χ3v) is 3.47. The molecule has 2 N–H and O–H groups in total. The summed E-state index contributed by atoms with van der Waals surface area (Å²) in [6, 6.07) is 12.5. The van der Waals surface area contributed by atoms with E-state index < -0.39 is 11.7 Å². The Morgan fingerprint density at radius 2 is 1.35 bits per heavy atom. The molecule has 0 saturated carbocycles. The van der Waals surface area contributed by atoms with Crippen molar-refractivity contribution in [1.82, 2.24) is 15.0 Å². The number of nitrogens with zero attached hydrogens (tertiary/aromatic N) is 3. The van der Waals surface area contributed by atoms with E-state index in [1.54, 1.807) is 6.92 Å². The number of aromatic nitrogens is 3. The molecule has 8 heteroatoms. The largest absolute Gasteiger partial charge is 0.416 e. The van der Waals surface area contributed by atoms with Crippen molar-refractivity contribution >= 4 is 23.3 Å². The van der Waals surface area contributed by atoms with Gasteiger partial charge in [-0.1, -0.05) is 18.2 Å². The summed E-state index contributed by atoms with van der Waals surface area (Å²) >= 11 is 0. The molecule has 0 aliphatic carbocycles. The lowest BCUT2D eigenvalue weighted by Crippen LogP contribution is -2.07. The van der Waals surface area contributed by atoms with E-state index in [0.717, 1.165) is 23.4 Å². The molecule has 134 valence electrons. The molecule has 0 saturated heterocycles. The van der Waals surface area contributed by atoms with Gasteiger partial charge in [0.2, 0.25) is 11.9 Å². The van der Waals surface area contributed by atoms with Gasteiger partial charge >= 0.3 is 6.18 Å². The van der Waals surface area contributed by atoms with Gasteiger partial charge in [-0.2, -0.15) is 28.1 Å². The molecule has 2 aromatic carbocycles. The highest BCUT2D eigenvalue weighted by Gasteiger charge is 2.30. The third-order valence-electron chi connectivity index (χ3n) is 3.47. The van der Waals surface area contributed by atoms with Crippen LogP contribution in [0, 0.1) is 13.8 Å². The highest BCUT2D eigenvalue weighted by atomic mass is 19.4. The van der Waals surface area contributed by atoms with Gasteiger partial charge < -0.3 is 10.6 Å². The van der Waals surface area contributed by atoms with Crippen LogP contribution in [-0.2, 0) is 6.18 Å². The first-order chi connectivity index (χ1) is 12.3. The Morgan fingerprint density at radius 3 is 1.92 bits per heavy atom. The first-order valence-electron chi connectivity index (χ1n) is 7.80. The molecular formula is C18H16F3N5. The molecule has 0 radical (unpaired) electrons. The van der Waals surface area contributed by atoms with Crippen LogP contribution >= 0.6 is 0 Å². The van der Waals surface area contributed by atoms with Gasteiger partial charge in [0.25, 0.3) is 0 Å². The van der Waals surface area contributed by atoms with Crippen LogP contribution in [0.3, 0.4) is 0 Å². The maximum Gasteiger partial charge on any atom is 0.416 e. The summed E-state index contributed by atoms with van der Waals surface area (Å²) in [5.41, 5.74) is 1.38. The molecule has 26 heavy (non-hydrogen) atoms. The molecule has 3 aromatic rings. The maximum atomic E-state index is 12.8. The number of rotatable bonds is 4. The van der Waals surface area contributed by atoms with Gasteiger partial charge in [0.1, 0.15) is 5.82 Å². The molecule has 0 aliphatic heterocycles. The minimum Gasteiger partial charge on any atom is -0.324 e. The van der Waals surface area contributed by atoms with Crippen LogP contribution in [0.2, 0.25) is 0 Å². The van der Waals surface area contributed by atoms with E-state index in [4.69, 9.17) is 0 Å². The normalized spacial score (nSPS) is 11.3. The average molecular weight is 359 g/mol. The molecule has 3 rings (SSSR count). The number of halogens is 3. The zero-order chi connectivity index (χ0) is 18.7. The van der Waals surface area contributed by atoms with Gasteiger partial charge in [0, 0.05) is 11.4 Å². The summed E-state index contributed by atoms with van der Waals surface area (Å²) in [5.74, 6) is 0.897. The Kier molecular flexibility index (Phi) is 4.75. The first kappa shape index (κ1) is 17.7. The summed E-state index contributed by atoms with van der Waals surface area (Å²) in [6.07, 6.45) is -4.41. The predicted molar refractivity (Wildman–Crippen MR) is 93.8 cm³/mol. The SMILES string of the molecule is Cc1cccc(Nc2nc(C)nc(Nc3cccc(C(F)(F)F)c3)n2)c1. The minimum atomic E-state index is -4.41. The zero-order valence-electron chi connectivity index (χ0n) is 14.1. The molecule has 0 amide bonds. The van der Waals surface area contributed by atoms with Crippen LogP contribution in [0.1, 0.15) is 17.0 Å². The maximum absolute atomic E-state index is 12.8. The summed E-state index contributed by atoms with van der Waals surface area (Å²) in [5, 5.41) is 5.86. The number of alkyl halides is 3. The van der Waals surface area contributed by atoms with E-state index >= 15 is 0 Å². The van der Waals surface area contributed by atoms with E-state index in [0.29, 0.717) is 11.8 Å². The Labute approximate surface area is 148 Å². The lowest BCUT2D eigenvalue weighted by molar-refractivity contribution is -0.137. The van der Waals surface area contributed by atoms with Crippen LogP contribution in [0.25, 0.3) is 0 Å². The number of aryl methyl sites for hydroxylation is 2. The zero-order valence-corrected chi connectivity index (χ0v) is 14.1. The smallest absolute Gasteiger partial charge is 0.324 e. The highest BCUT2D eigenvalue weighted by Crippen LogP contribution is 2.31. The Hall–Kier alpha value is -3.16. The Morgan fingerprint density at radius 1 is 0.769 bits per heavy atom. The lowest BCUT2D eigenvalue weighted by Gasteiger charge is -2.11. The second-order valence-corrected chi connectivity index (χ2v) is 5.73. The number of benzene rings is 2. The molecule has 5 nitrogen and oxygen atoms in total. The van der Waals surface area contributed by atoms with Gasteiger partial charge in [-0.15, -0.1) is 0 Å². The van der Waals surface area contributed by atoms with Gasteiger partial charge in [-0.05, 0) is 49.7 Å². The van der Waals surface area contributed by atoms with Crippen LogP contribution in [0.15, 0.2) is 48.5 Å². The standard InChI is InChI=1S/C18H16F3N5/c1-11-5-3-7-14(9-11)24-16-22-12(2)23-17(26-16)25-15-8-4-6-13(10-15)18(19,20)21/h3-10H,1-2H3,(H2,22,23,24,25,26). The van der Waals surface area contributed by atoms with Gasteiger partial charge in [-0.25, -0.2) is 0 Å². The van der Waals surface area contributed by atoms with Crippen LogP contribution in [-0.4, -0.2) is 15.0 Å². The van der Waals surface area contributed by atoms with E-state index in [-0.39, 0.29) is 11.6 Å². The third kappa shape index (κ3) is 4.47. The van der Waals surface area contributed by atoms with Gasteiger partial charge in [0.15, 0.2) is 0 Å². The second kappa shape index (κ2) is 6.99. The molecule has 0 fully saturated rings. The fraction of sp³-hybridized carbons (Fsp3) is 0.167. The van der Waals surface area contributed by atoms with Crippen molar-refractivity contribution in [1.29, 1.82) is 0 Å². The number of hydrogen-bond acceptors (Lipinski definition) is 5. The molecule has 0 atom stereocenters. The molecule has 1 heterocycles. The van der Waals surface area contributed by atoms with Crippen molar-refractivity contribution in [3.05, 3.63) is 65.5 Å². The summed E-state index contributed by atoms with van der Waals surface area (Å²) in [7, 11) is 0. The Bertz CT molecular complexity index is 925. The molecule has 0 bridgehead atoms. The van der Waals surface area contributed by atoms with Crippen molar-refractivity contribution in [2.45, 2.75) is 20.0 Å². The fourth-order valence-corrected chi connectivity index (χ4v) is 2.35. The van der Waals surface area contributed by atoms with E-state index in [1.807, 2.05) is 31.2 Å². The number of hydrogen-bond donors (Lipinski definition) is 2. The predicted octanol–water partition coefficient (Wildman–Crippen LogP) is 4.99. The molecule has 0 spiro atoms. The first-order valence-corrected chi connectivity index (χ1v) is 7.80. The lowest BCUT2D eigenvalue weighted by atomic mass is 10.2. The van der Waals surface area contributed by atoms with Crippen molar-refractivity contribution < 1.29 is 13.2 Å². The quantitative estimate of drug-likeness (QED) is 0.687. The highest BCUT2D eigenvalue weighted by molar-refractivity contribution is 5.58. The van der Waals surface area contributed by atoms with E-state index in [9.17, 15) is 13.2 Å². The molecular weight excluding hydrogens is 343 g/mol. The topological polar surface area (TPSA) is 62.7 Å². The van der Waals surface area contributed by atoms with Crippen molar-refractivity contribution in [2.75, 3.05) is 10.6 Å². The summed E-state index contributed by atoms with van der Waals surface area (Å²) in [4.78, 5) is 12.5. The number of nitrogens with one attached hydrogen (secondary N) is 2. The molecule has 1 aromatic heterocycles. The van der Waals surface area contributed by atoms with Crippen LogP contribution < -0.4 is 10.6 Å². The summed E-state index contributed by atoms with van der Waals surface area (Å²) < 4.78 is 38.5. The van der Waals surface area contributed by atoms with Crippen molar-refractivity contribution in [3.8, 4) is 0 Å². The molecule has 0 unspecified atom stereocenters. The van der Waals surface area contributed by atoms with Gasteiger partial charge in [-0.3, -0.25) is 0 Å². The van der Waals surface area contributed by atoms with Crippen LogP contribution in [0.4, 0.5) is 36.4 Å². The van der Waals surface area contributed by atoms with E-state index in [1.165, 1.54) is 12.1 Å². The second-order valence-electron chi connectivity index (χ2n) is 5.73. The van der Waals surface area contributed by atoms with Crippen LogP contribution in [0.5, 0.6) is 0 Å². The van der Waals surface area contributed by atoms with Crippen molar-refractivity contribution in [2.24, 2.45) is 0 Å². The van der Waals surface area contributed by atoms with E-state index in [2.05, 4.69) is 25.6 Å². The summed E-state index contributed by atoms with van der Waals surface area (Å²) in [6.45, 7) is 3.64.